The van der Waals surface area contributed by atoms with Gasteiger partial charge in [-0.25, -0.2) is 0 Å². The second kappa shape index (κ2) is 9.47. The van der Waals surface area contributed by atoms with Crippen LogP contribution < -0.4 is 10.6 Å². The number of carbonyl (C=O) groups excluding carboxylic acids is 3. The number of fused-ring (bicyclic) bond motifs is 1. The number of rotatable bonds is 9. The summed E-state index contributed by atoms with van der Waals surface area (Å²) >= 11 is 0. The zero-order valence-electron chi connectivity index (χ0n) is 20.6. The third-order valence-corrected chi connectivity index (χ3v) is 7.65. The minimum absolute atomic E-state index is 0.0425. The molecular formula is C27H34N4O4. The standard InChI is InChI=1S/C27H34N4O4/c1-15(2)31-22(12-13-28-31)25(32)30-24(23(16-4-5-16)17-6-7-17)26(33)29-19-9-11-20-18(14-19)8-10-21(20)27(34)35-3/h9,11-17,21,23-24H,4-8,10H2,1-3H3,(H,29,33)(H,30,32)/t21?,24-/m0/s1. The van der Waals surface area contributed by atoms with Gasteiger partial charge >= 0.3 is 5.97 Å². The first-order valence-electron chi connectivity index (χ1n) is 12.7. The number of methoxy groups -OCH3 is 1. The van der Waals surface area contributed by atoms with Gasteiger partial charge in [-0.1, -0.05) is 6.07 Å². The number of benzene rings is 1. The predicted octanol–water partition coefficient (Wildman–Crippen LogP) is 3.84. The van der Waals surface area contributed by atoms with Crippen molar-refractivity contribution in [1.82, 2.24) is 15.1 Å². The normalized spacial score (nSPS) is 20.0. The summed E-state index contributed by atoms with van der Waals surface area (Å²) in [5.41, 5.74) is 3.18. The number of carbonyl (C=O) groups is 3. The highest BCUT2D eigenvalue weighted by Gasteiger charge is 2.48. The number of anilines is 1. The van der Waals surface area contributed by atoms with Crippen molar-refractivity contribution in [3.63, 3.8) is 0 Å². The van der Waals surface area contributed by atoms with Crippen LogP contribution in [-0.4, -0.2) is 40.7 Å². The lowest BCUT2D eigenvalue weighted by Gasteiger charge is -2.28. The Balaban J connectivity index is 1.36. The van der Waals surface area contributed by atoms with E-state index in [0.29, 0.717) is 29.6 Å². The molecule has 2 N–H and O–H groups in total. The molecule has 8 heteroatoms. The summed E-state index contributed by atoms with van der Waals surface area (Å²) in [4.78, 5) is 39.0. The van der Waals surface area contributed by atoms with Gasteiger partial charge in [-0.05, 0) is 99.5 Å². The Bertz CT molecular complexity index is 1120. The van der Waals surface area contributed by atoms with Gasteiger partial charge in [0.2, 0.25) is 5.91 Å². The van der Waals surface area contributed by atoms with E-state index in [1.807, 2.05) is 32.0 Å². The summed E-state index contributed by atoms with van der Waals surface area (Å²) in [6, 6.07) is 6.84. The zero-order chi connectivity index (χ0) is 24.7. The maximum Gasteiger partial charge on any atom is 0.313 e. The maximum atomic E-state index is 13.6. The molecule has 1 unspecified atom stereocenters. The van der Waals surface area contributed by atoms with E-state index in [1.54, 1.807) is 16.9 Å². The minimum atomic E-state index is -0.603. The quantitative estimate of drug-likeness (QED) is 0.533. The molecular weight excluding hydrogens is 444 g/mol. The second-order valence-corrected chi connectivity index (χ2v) is 10.5. The summed E-state index contributed by atoms with van der Waals surface area (Å²) in [6.45, 7) is 3.95. The summed E-state index contributed by atoms with van der Waals surface area (Å²) in [7, 11) is 1.41. The van der Waals surface area contributed by atoms with Gasteiger partial charge in [0.1, 0.15) is 11.7 Å². The van der Waals surface area contributed by atoms with Crippen molar-refractivity contribution in [3.05, 3.63) is 47.3 Å². The number of nitrogens with zero attached hydrogens (tertiary/aromatic N) is 2. The summed E-state index contributed by atoms with van der Waals surface area (Å²) in [6.07, 6.45) is 7.54. The second-order valence-electron chi connectivity index (χ2n) is 10.5. The predicted molar refractivity (Wildman–Crippen MR) is 131 cm³/mol. The molecule has 0 saturated heterocycles. The van der Waals surface area contributed by atoms with Crippen LogP contribution in [0.15, 0.2) is 30.5 Å². The highest BCUT2D eigenvalue weighted by Crippen LogP contribution is 2.51. The first kappa shape index (κ1) is 23.6. The lowest BCUT2D eigenvalue weighted by atomic mass is 9.88. The molecule has 0 radical (unpaired) electrons. The molecule has 186 valence electrons. The molecule has 1 heterocycles. The summed E-state index contributed by atoms with van der Waals surface area (Å²) in [5.74, 6) is 0.196. The first-order chi connectivity index (χ1) is 16.9. The molecule has 0 spiro atoms. The van der Waals surface area contributed by atoms with E-state index in [0.717, 1.165) is 43.2 Å². The van der Waals surface area contributed by atoms with Crippen LogP contribution in [0.3, 0.4) is 0 Å². The van der Waals surface area contributed by atoms with Crippen LogP contribution in [0.2, 0.25) is 0 Å². The van der Waals surface area contributed by atoms with Crippen molar-refractivity contribution in [2.24, 2.45) is 17.8 Å². The molecule has 0 bridgehead atoms. The molecule has 2 atom stereocenters. The molecule has 2 saturated carbocycles. The Morgan fingerprint density at radius 2 is 1.77 bits per heavy atom. The van der Waals surface area contributed by atoms with E-state index >= 15 is 0 Å². The highest BCUT2D eigenvalue weighted by molar-refractivity contribution is 6.01. The van der Waals surface area contributed by atoms with Crippen molar-refractivity contribution in [1.29, 1.82) is 0 Å². The van der Waals surface area contributed by atoms with Crippen molar-refractivity contribution in [2.75, 3.05) is 12.4 Å². The Kier molecular flexibility index (Phi) is 6.38. The van der Waals surface area contributed by atoms with Gasteiger partial charge in [0.15, 0.2) is 0 Å². The van der Waals surface area contributed by atoms with Crippen molar-refractivity contribution in [3.8, 4) is 0 Å². The van der Waals surface area contributed by atoms with Crippen LogP contribution in [-0.2, 0) is 20.7 Å². The maximum absolute atomic E-state index is 13.6. The lowest BCUT2D eigenvalue weighted by molar-refractivity contribution is -0.142. The number of aryl methyl sites for hydroxylation is 1. The lowest BCUT2D eigenvalue weighted by Crippen LogP contribution is -2.50. The first-order valence-corrected chi connectivity index (χ1v) is 12.7. The average Bonchev–Trinajstić information content (AvgIpc) is 3.76. The minimum Gasteiger partial charge on any atom is -0.469 e. The van der Waals surface area contributed by atoms with E-state index in [9.17, 15) is 14.4 Å². The summed E-state index contributed by atoms with van der Waals surface area (Å²) in [5, 5.41) is 10.4. The van der Waals surface area contributed by atoms with Crippen molar-refractivity contribution in [2.45, 2.75) is 70.4 Å². The van der Waals surface area contributed by atoms with Crippen LogP contribution >= 0.6 is 0 Å². The number of ether oxygens (including phenoxy) is 1. The highest BCUT2D eigenvalue weighted by atomic mass is 16.5. The molecule has 1 aromatic heterocycles. The molecule has 8 nitrogen and oxygen atoms in total. The molecule has 35 heavy (non-hydrogen) atoms. The topological polar surface area (TPSA) is 102 Å². The molecule has 3 aliphatic carbocycles. The number of hydrogen-bond donors (Lipinski definition) is 2. The molecule has 2 aromatic rings. The Labute approximate surface area is 205 Å². The molecule has 3 aliphatic rings. The fraction of sp³-hybridized carbons (Fsp3) is 0.556. The van der Waals surface area contributed by atoms with Crippen LogP contribution in [0.25, 0.3) is 0 Å². The van der Waals surface area contributed by atoms with Gasteiger partial charge in [0.25, 0.3) is 5.91 Å². The fourth-order valence-electron chi connectivity index (χ4n) is 5.65. The summed E-state index contributed by atoms with van der Waals surface area (Å²) < 4.78 is 6.62. The van der Waals surface area contributed by atoms with E-state index in [2.05, 4.69) is 15.7 Å². The van der Waals surface area contributed by atoms with Gasteiger partial charge in [-0.3, -0.25) is 19.1 Å². The van der Waals surface area contributed by atoms with Gasteiger partial charge in [-0.15, -0.1) is 0 Å². The van der Waals surface area contributed by atoms with Crippen LogP contribution in [0.4, 0.5) is 5.69 Å². The van der Waals surface area contributed by atoms with Gasteiger partial charge in [0.05, 0.1) is 13.0 Å². The van der Waals surface area contributed by atoms with Gasteiger partial charge in [0, 0.05) is 17.9 Å². The van der Waals surface area contributed by atoms with E-state index in [-0.39, 0.29) is 35.7 Å². The average molecular weight is 479 g/mol. The molecule has 2 amide bonds. The molecule has 2 fully saturated rings. The third-order valence-electron chi connectivity index (χ3n) is 7.65. The Morgan fingerprint density at radius 3 is 2.40 bits per heavy atom. The zero-order valence-corrected chi connectivity index (χ0v) is 20.6. The number of aromatic nitrogens is 2. The van der Waals surface area contributed by atoms with Crippen LogP contribution in [0.5, 0.6) is 0 Å². The SMILES string of the molecule is COC(=O)C1CCc2cc(NC(=O)[C@@H](NC(=O)c3ccnn3C(C)C)C(C3CC3)C3CC3)ccc21. The molecule has 1 aromatic carbocycles. The van der Waals surface area contributed by atoms with Crippen molar-refractivity contribution >= 4 is 23.5 Å². The number of amides is 2. The number of esters is 1. The van der Waals surface area contributed by atoms with E-state index < -0.39 is 6.04 Å². The largest absolute Gasteiger partial charge is 0.469 e. The third kappa shape index (κ3) is 4.83. The van der Waals surface area contributed by atoms with E-state index in [4.69, 9.17) is 4.74 Å². The smallest absolute Gasteiger partial charge is 0.313 e. The van der Waals surface area contributed by atoms with Crippen LogP contribution in [0, 0.1) is 17.8 Å². The Hall–Kier alpha value is -3.16. The number of hydrogen-bond acceptors (Lipinski definition) is 5. The molecule has 0 aliphatic heterocycles. The van der Waals surface area contributed by atoms with Crippen molar-refractivity contribution < 1.29 is 19.1 Å². The van der Waals surface area contributed by atoms with Gasteiger partial charge < -0.3 is 15.4 Å². The van der Waals surface area contributed by atoms with E-state index in [1.165, 1.54) is 7.11 Å². The fourth-order valence-corrected chi connectivity index (χ4v) is 5.65. The van der Waals surface area contributed by atoms with Crippen LogP contribution in [0.1, 0.15) is 79.5 Å². The molecule has 5 rings (SSSR count). The van der Waals surface area contributed by atoms with Gasteiger partial charge in [-0.2, -0.15) is 5.10 Å². The number of nitrogens with one attached hydrogen (secondary N) is 2. The monoisotopic (exact) mass is 478 g/mol. The Morgan fingerprint density at radius 1 is 1.06 bits per heavy atom.